The molecule has 2 aliphatic heterocycles. The lowest BCUT2D eigenvalue weighted by molar-refractivity contribution is -0.143. The molecule has 28 heteroatoms. The number of aromatic nitrogens is 4. The van der Waals surface area contributed by atoms with Gasteiger partial charge in [-0.2, -0.15) is 10.5 Å². The number of rotatable bonds is 30. The van der Waals surface area contributed by atoms with Crippen LogP contribution in [0.4, 0.5) is 0 Å². The Bertz CT molecular complexity index is 3620. The second kappa shape index (κ2) is 40.8. The molecule has 2 fully saturated rings. The number of carbonyl (C=O) groups excluding carboxylic acids is 4. The Morgan fingerprint density at radius 1 is 0.636 bits per heavy atom. The minimum absolute atomic E-state index is 0.114. The average Bonchev–Trinajstić information content (AvgIpc) is 1.70. The van der Waals surface area contributed by atoms with E-state index in [2.05, 4.69) is 104 Å². The van der Waals surface area contributed by atoms with Crippen molar-refractivity contribution in [2.45, 2.75) is 223 Å². The summed E-state index contributed by atoms with van der Waals surface area (Å²) in [6.45, 7) is 35.0. The van der Waals surface area contributed by atoms with E-state index in [1.165, 1.54) is 45.8 Å². The Morgan fingerprint density at radius 3 is 1.40 bits per heavy atom. The van der Waals surface area contributed by atoms with Gasteiger partial charge in [-0.1, -0.05) is 38.1 Å². The predicted octanol–water partition coefficient (Wildman–Crippen LogP) is 10.1. The van der Waals surface area contributed by atoms with Gasteiger partial charge in [-0.3, -0.25) is 52.5 Å². The molecule has 2 aromatic heterocycles. The Labute approximate surface area is 584 Å². The van der Waals surface area contributed by atoms with E-state index in [1.807, 2.05) is 38.1 Å². The number of hydrogen-bond acceptors (Lipinski definition) is 20. The zero-order chi connectivity index (χ0) is 73.9. The molecular formula is C71H104N10O16P2. The van der Waals surface area contributed by atoms with Crippen LogP contribution in [0, 0.1) is 33.5 Å². The SMILES string of the molecule is CC(C)N(C(C)C)P(C)OCCC#N.CC[C@H]1O[C@@H](n2cc(/C=C/C(=O)NCCc3ccc(OC(=O)C(C)(C)C)cc3)c(=O)[nH]c2=O)C[C@H]1O.CC[C@H]1O[C@@H](n2cc(/C=C/C(=O)NCCc3ccc(OC(=O)C(C)(C)C)cc3)c(=O)[nH]c2=O)C[C@H]1OP(OCCC#N)N(C(C)C)C(C)C. The quantitative estimate of drug-likeness (QED) is 0.0106. The van der Waals surface area contributed by atoms with Gasteiger partial charge in [-0.15, -0.1) is 0 Å². The van der Waals surface area contributed by atoms with E-state index in [9.17, 15) is 43.5 Å². The smallest absolute Gasteiger partial charge is 0.330 e. The summed E-state index contributed by atoms with van der Waals surface area (Å²) in [5, 5.41) is 33.0. The number of aliphatic hydroxyl groups is 1. The number of amides is 2. The summed E-state index contributed by atoms with van der Waals surface area (Å²) in [6, 6.07) is 19.5. The first-order valence-corrected chi connectivity index (χ1v) is 36.4. The number of H-pyrrole nitrogens is 2. The van der Waals surface area contributed by atoms with E-state index < -0.39 is 86.6 Å². The molecule has 2 aliphatic rings. The van der Waals surface area contributed by atoms with Gasteiger partial charge in [0.25, 0.3) is 19.6 Å². The maximum absolute atomic E-state index is 12.9. The number of aliphatic hydroxyl groups excluding tert-OH is 1. The molecule has 2 saturated heterocycles. The average molecular weight is 1420 g/mol. The molecule has 0 aliphatic carbocycles. The van der Waals surface area contributed by atoms with E-state index in [-0.39, 0.29) is 66.8 Å². The molecule has 5 N–H and O–H groups in total. The molecule has 2 unspecified atom stereocenters. The summed E-state index contributed by atoms with van der Waals surface area (Å²) in [6.07, 6.45) is 8.21. The van der Waals surface area contributed by atoms with Gasteiger partial charge in [0.2, 0.25) is 11.8 Å². The maximum atomic E-state index is 12.9. The van der Waals surface area contributed by atoms with Crippen LogP contribution in [-0.2, 0) is 55.1 Å². The number of carbonyl (C=O) groups is 4. The highest BCUT2D eigenvalue weighted by molar-refractivity contribution is 7.49. The molecule has 6 rings (SSSR count). The summed E-state index contributed by atoms with van der Waals surface area (Å²) >= 11 is 0. The molecule has 2 aromatic carbocycles. The van der Waals surface area contributed by atoms with Gasteiger partial charge in [0.15, 0.2) is 0 Å². The highest BCUT2D eigenvalue weighted by atomic mass is 31.2. The molecule has 0 spiro atoms. The monoisotopic (exact) mass is 1410 g/mol. The lowest BCUT2D eigenvalue weighted by atomic mass is 9.97. The Balaban J connectivity index is 0.000000362. The Hall–Kier alpha value is -7.32. The number of aromatic amines is 2. The third kappa shape index (κ3) is 27.6. The van der Waals surface area contributed by atoms with Gasteiger partial charge in [-0.05, 0) is 177 Å². The van der Waals surface area contributed by atoms with E-state index in [0.29, 0.717) is 81.8 Å². The maximum Gasteiger partial charge on any atom is 0.330 e. The van der Waals surface area contributed by atoms with Crippen LogP contribution in [0.15, 0.2) is 92.3 Å². The van der Waals surface area contributed by atoms with E-state index >= 15 is 0 Å². The van der Waals surface area contributed by atoms with Crippen molar-refractivity contribution in [1.82, 2.24) is 39.1 Å². The number of hydrogen-bond donors (Lipinski definition) is 5. The molecule has 8 atom stereocenters. The van der Waals surface area contributed by atoms with Gasteiger partial charge >= 0.3 is 23.3 Å². The van der Waals surface area contributed by atoms with Crippen LogP contribution in [-0.4, -0.2) is 139 Å². The zero-order valence-corrected chi connectivity index (χ0v) is 62.3. The second-order valence-electron chi connectivity index (χ2n) is 26.9. The lowest BCUT2D eigenvalue weighted by Crippen LogP contribution is -2.35. The number of benzene rings is 2. The lowest BCUT2D eigenvalue weighted by Gasteiger charge is -2.37. The van der Waals surface area contributed by atoms with Crippen molar-refractivity contribution in [1.29, 1.82) is 10.5 Å². The molecule has 0 saturated carbocycles. The van der Waals surface area contributed by atoms with Crippen molar-refractivity contribution in [3.8, 4) is 23.6 Å². The van der Waals surface area contributed by atoms with E-state index in [0.717, 1.165) is 11.1 Å². The molecule has 4 aromatic rings. The molecule has 4 heterocycles. The summed E-state index contributed by atoms with van der Waals surface area (Å²) < 4.78 is 47.9. The first-order valence-electron chi connectivity index (χ1n) is 33.6. The zero-order valence-electron chi connectivity index (χ0n) is 60.5. The van der Waals surface area contributed by atoms with Crippen molar-refractivity contribution in [2.75, 3.05) is 33.0 Å². The van der Waals surface area contributed by atoms with Crippen molar-refractivity contribution in [3.05, 3.63) is 137 Å². The van der Waals surface area contributed by atoms with Crippen LogP contribution in [0.1, 0.15) is 184 Å². The van der Waals surface area contributed by atoms with Gasteiger partial charge in [0.1, 0.15) is 32.3 Å². The minimum atomic E-state index is -1.52. The summed E-state index contributed by atoms with van der Waals surface area (Å²) in [4.78, 5) is 103. The molecule has 2 amide bonds. The Kier molecular flexibility index (Phi) is 34.7. The fourth-order valence-corrected chi connectivity index (χ4v) is 13.8. The molecular weight excluding hydrogens is 1310 g/mol. The van der Waals surface area contributed by atoms with Crippen LogP contribution < -0.4 is 42.6 Å². The van der Waals surface area contributed by atoms with Crippen molar-refractivity contribution < 1.29 is 56.8 Å². The third-order valence-electron chi connectivity index (χ3n) is 15.3. The predicted molar refractivity (Wildman–Crippen MR) is 382 cm³/mol. The van der Waals surface area contributed by atoms with Gasteiger partial charge in [-0.25, -0.2) is 14.3 Å². The van der Waals surface area contributed by atoms with Crippen LogP contribution in [0.25, 0.3) is 12.2 Å². The normalized spacial score (nSPS) is 18.4. The first kappa shape index (κ1) is 84.1. The van der Waals surface area contributed by atoms with Gasteiger partial charge in [0.05, 0.1) is 84.6 Å². The molecule has 544 valence electrons. The van der Waals surface area contributed by atoms with Crippen molar-refractivity contribution in [3.63, 3.8) is 0 Å². The summed E-state index contributed by atoms with van der Waals surface area (Å²) in [7, 11) is -2.08. The highest BCUT2D eigenvalue weighted by Gasteiger charge is 2.41. The van der Waals surface area contributed by atoms with E-state index in [1.54, 1.807) is 65.8 Å². The largest absolute Gasteiger partial charge is 0.426 e. The molecule has 26 nitrogen and oxygen atoms in total. The fraction of sp³-hybridized carbons (Fsp3) is 0.577. The topological polar surface area (TPSA) is 341 Å². The van der Waals surface area contributed by atoms with Gasteiger partial charge < -0.3 is 48.3 Å². The Morgan fingerprint density at radius 2 is 1.03 bits per heavy atom. The molecule has 0 bridgehead atoms. The van der Waals surface area contributed by atoms with Crippen molar-refractivity contribution in [2.24, 2.45) is 10.8 Å². The molecule has 0 radical (unpaired) electrons. The summed E-state index contributed by atoms with van der Waals surface area (Å²) in [5.41, 5.74) is -1.62. The summed E-state index contributed by atoms with van der Waals surface area (Å²) in [5.74, 6) is -0.540. The number of nitriles is 2. The standard InChI is InChI=1S/C35H50N5O8P.C26H33N3O7.C10H21N2OP/c1-9-28-29(48-49(45-20-10-18-36)40(23(2)3)24(4)5)21-31(47-28)39-22-26(32(42)38-34(39)44)13-16-30(41)37-19-17-25-11-14-27(15-12-25)46-33(43)35(6,7)8;1-5-20-19(30)14-22(36-20)29-15-17(23(32)28-25(29)34)8-11-21(31)27-13-12-16-6-9-18(10-7-16)35-24(33)26(2,3)4;1-9(2)12(10(3)4)14(5)13-8-6-7-11/h11-16,22-24,28-29,31H,9-10,17,19-21H2,1-8H3,(H,37,41)(H,38,42,44);6-11,15,19-20,22,30H,5,12-14H2,1-4H3,(H,27,31)(H,28,32,34);9-10H,6,8H2,1-5H3/b16-13+;11-8+;/t28-,29-,31-,49?;19-,20-,22-;/m11./s1. The second-order valence-corrected chi connectivity index (χ2v) is 29.9. The van der Waals surface area contributed by atoms with Crippen molar-refractivity contribution >= 4 is 52.7 Å². The fourth-order valence-electron chi connectivity index (χ4n) is 10.3. The number of esters is 2. The van der Waals surface area contributed by atoms with Crippen LogP contribution in [0.5, 0.6) is 11.5 Å². The molecule has 99 heavy (non-hydrogen) atoms. The third-order valence-corrected chi connectivity index (χ3v) is 19.6. The number of nitrogens with one attached hydrogen (secondary N) is 4. The van der Waals surface area contributed by atoms with Crippen LogP contribution in [0.2, 0.25) is 0 Å². The number of nitrogens with zero attached hydrogens (tertiary/aromatic N) is 6. The first-order chi connectivity index (χ1) is 46.6. The highest BCUT2D eigenvalue weighted by Crippen LogP contribution is 2.50. The minimum Gasteiger partial charge on any atom is -0.426 e. The van der Waals surface area contributed by atoms with Crippen LogP contribution >= 0.6 is 16.8 Å². The van der Waals surface area contributed by atoms with E-state index in [4.69, 9.17) is 43.0 Å². The van der Waals surface area contributed by atoms with Gasteiger partial charge in [0, 0.05) is 74.6 Å². The number of ether oxygens (including phenoxy) is 4. The van der Waals surface area contributed by atoms with Crippen LogP contribution in [0.3, 0.4) is 0 Å².